The Bertz CT molecular complexity index is 2220. The fourth-order valence-electron chi connectivity index (χ4n) is 6.93. The van der Waals surface area contributed by atoms with Crippen molar-refractivity contribution in [2.24, 2.45) is 0 Å². The molecule has 2 aliphatic heterocycles. The molecule has 5 aromatic rings. The topological polar surface area (TPSA) is 167 Å². The van der Waals surface area contributed by atoms with Gasteiger partial charge in [-0.05, 0) is 85.8 Å². The van der Waals surface area contributed by atoms with E-state index in [4.69, 9.17) is 26.4 Å². The van der Waals surface area contributed by atoms with Gasteiger partial charge in [0.1, 0.15) is 28.7 Å². The molecule has 0 radical (unpaired) electrons. The number of esters is 1. The van der Waals surface area contributed by atoms with Crippen LogP contribution in [0.1, 0.15) is 65.6 Å². The number of hydrogen-bond acceptors (Lipinski definition) is 9. The van der Waals surface area contributed by atoms with Crippen molar-refractivity contribution in [3.8, 4) is 28.7 Å². The number of aromatic hydroxyl groups is 2. The van der Waals surface area contributed by atoms with Gasteiger partial charge in [-0.1, -0.05) is 48.9 Å². The Kier molecular flexibility index (Phi) is 11.0. The van der Waals surface area contributed by atoms with E-state index in [2.05, 4.69) is 21.3 Å². The molecule has 0 fully saturated rings. The summed E-state index contributed by atoms with van der Waals surface area (Å²) < 4.78 is 17.6. The lowest BCUT2D eigenvalue weighted by molar-refractivity contribution is -0.121. The monoisotopic (exact) mass is 760 g/mol. The highest BCUT2D eigenvalue weighted by Gasteiger charge is 2.53. The summed E-state index contributed by atoms with van der Waals surface area (Å²) in [7, 11) is 0. The van der Waals surface area contributed by atoms with Gasteiger partial charge in [-0.25, -0.2) is 9.59 Å². The van der Waals surface area contributed by atoms with Gasteiger partial charge < -0.3 is 45.7 Å². The Hall–Kier alpha value is -6.34. The molecule has 5 aromatic carbocycles. The summed E-state index contributed by atoms with van der Waals surface area (Å²) in [5.41, 5.74) is 1.30. The number of thiocarbonyl (C=S) groups is 1. The van der Waals surface area contributed by atoms with Crippen LogP contribution in [0.4, 0.5) is 10.5 Å². The molecule has 13 heteroatoms. The summed E-state index contributed by atoms with van der Waals surface area (Å²) in [6.45, 7) is 1.60. The fraction of sp³-hybridized carbons (Fsp3) is 0.238. The molecule has 0 atom stereocenters. The van der Waals surface area contributed by atoms with Crippen LogP contribution in [0.2, 0.25) is 0 Å². The van der Waals surface area contributed by atoms with E-state index < -0.39 is 17.7 Å². The molecule has 0 bridgehead atoms. The number of carbonyl (C=O) groups is 3. The smallest absolute Gasteiger partial charge is 0.412 e. The van der Waals surface area contributed by atoms with E-state index in [0.29, 0.717) is 76.4 Å². The third kappa shape index (κ3) is 8.11. The van der Waals surface area contributed by atoms with Crippen molar-refractivity contribution in [1.29, 1.82) is 0 Å². The first-order chi connectivity index (χ1) is 26.7. The van der Waals surface area contributed by atoms with Crippen LogP contribution in [0.25, 0.3) is 10.8 Å². The average molecular weight is 761 g/mol. The molecule has 2 heterocycles. The Morgan fingerprint density at radius 1 is 0.709 bits per heavy atom. The van der Waals surface area contributed by atoms with E-state index in [-0.39, 0.29) is 17.4 Å². The molecule has 0 aromatic heterocycles. The maximum absolute atomic E-state index is 13.4. The average Bonchev–Trinajstić information content (AvgIpc) is 3.45. The number of phenols is 2. The first-order valence-corrected chi connectivity index (χ1v) is 18.6. The molecule has 0 unspecified atom stereocenters. The molecule has 12 nitrogen and oxygen atoms in total. The number of rotatable bonds is 13. The lowest BCUT2D eigenvalue weighted by Gasteiger charge is -2.36. The Morgan fingerprint density at radius 3 is 2.13 bits per heavy atom. The molecular formula is C42H40N4O8S. The Labute approximate surface area is 322 Å². The van der Waals surface area contributed by atoms with Crippen LogP contribution in [0.15, 0.2) is 97.1 Å². The van der Waals surface area contributed by atoms with E-state index in [1.807, 2.05) is 36.4 Å². The lowest BCUT2D eigenvalue weighted by atomic mass is 9.77. The van der Waals surface area contributed by atoms with E-state index in [0.717, 1.165) is 42.9 Å². The molecule has 282 valence electrons. The first-order valence-electron chi connectivity index (χ1n) is 18.2. The summed E-state index contributed by atoms with van der Waals surface area (Å²) >= 11 is 5.50. The van der Waals surface area contributed by atoms with Gasteiger partial charge in [0.15, 0.2) is 10.7 Å². The lowest BCUT2D eigenvalue weighted by Crippen LogP contribution is -2.33. The highest BCUT2D eigenvalue weighted by molar-refractivity contribution is 7.80. The van der Waals surface area contributed by atoms with Gasteiger partial charge in [0.25, 0.3) is 0 Å². The van der Waals surface area contributed by atoms with Gasteiger partial charge >= 0.3 is 12.1 Å². The zero-order chi connectivity index (χ0) is 38.4. The number of ether oxygens (including phenoxy) is 3. The van der Waals surface area contributed by atoms with Crippen LogP contribution < -0.4 is 30.7 Å². The van der Waals surface area contributed by atoms with Gasteiger partial charge in [0.2, 0.25) is 5.91 Å². The normalized spacial score (nSPS) is 13.1. The molecular weight excluding hydrogens is 721 g/mol. The number of fused-ring (bicyclic) bond motifs is 7. The molecule has 55 heavy (non-hydrogen) atoms. The third-order valence-electron chi connectivity index (χ3n) is 9.54. The van der Waals surface area contributed by atoms with Crippen LogP contribution in [-0.4, -0.2) is 52.9 Å². The predicted octanol–water partition coefficient (Wildman–Crippen LogP) is 7.35. The maximum atomic E-state index is 13.4. The van der Waals surface area contributed by atoms with Gasteiger partial charge in [-0.2, -0.15) is 0 Å². The zero-order valence-electron chi connectivity index (χ0n) is 29.9. The van der Waals surface area contributed by atoms with Crippen LogP contribution in [0, 0.1) is 0 Å². The molecule has 2 amide bonds. The van der Waals surface area contributed by atoms with Crippen molar-refractivity contribution >= 4 is 51.8 Å². The van der Waals surface area contributed by atoms with Gasteiger partial charge in [0.05, 0.1) is 5.56 Å². The number of amides is 2. The van der Waals surface area contributed by atoms with Crippen molar-refractivity contribution in [3.05, 3.63) is 119 Å². The minimum Gasteiger partial charge on any atom is -0.508 e. The van der Waals surface area contributed by atoms with Crippen molar-refractivity contribution in [2.45, 2.75) is 44.1 Å². The summed E-state index contributed by atoms with van der Waals surface area (Å²) in [6, 6.07) is 27.8. The number of benzene rings is 5. The van der Waals surface area contributed by atoms with Crippen LogP contribution in [0.5, 0.6) is 28.7 Å². The quantitative estimate of drug-likeness (QED) is 0.0404. The number of nitrogens with one attached hydrogen (secondary N) is 4. The van der Waals surface area contributed by atoms with Crippen molar-refractivity contribution in [2.75, 3.05) is 25.0 Å². The summed E-state index contributed by atoms with van der Waals surface area (Å²) in [6.07, 6.45) is 3.72. The Morgan fingerprint density at radius 2 is 1.36 bits per heavy atom. The van der Waals surface area contributed by atoms with Crippen LogP contribution in [0.3, 0.4) is 0 Å². The second-order valence-corrected chi connectivity index (χ2v) is 13.7. The minimum atomic E-state index is -1.34. The molecule has 0 aliphatic carbocycles. The highest BCUT2D eigenvalue weighted by atomic mass is 32.1. The van der Waals surface area contributed by atoms with Gasteiger partial charge in [-0.15, -0.1) is 0 Å². The highest BCUT2D eigenvalue weighted by Crippen LogP contribution is 2.57. The van der Waals surface area contributed by atoms with Crippen molar-refractivity contribution in [3.63, 3.8) is 0 Å². The Balaban J connectivity index is 0.799. The molecule has 0 saturated carbocycles. The number of phenolic OH excluding ortho intramolecular Hbond substituents is 2. The van der Waals surface area contributed by atoms with E-state index >= 15 is 0 Å². The van der Waals surface area contributed by atoms with Gasteiger partial charge in [0, 0.05) is 66.0 Å². The standard InChI is InChI=1S/C42H40N4O8S/c47-28-15-18-33-36(24-28)52-37-25-29(48)16-19-34(37)42(33)32-17-14-27(23-31(32)39(50)54-42)46-40(55)44-21-7-6-20-43-38(49)13-2-1-5-22-45-41(51)53-35-12-8-10-26-9-3-4-11-30(26)35/h3-4,8-12,14-19,23-25,47-48H,1-2,5-7,13,20-22H2,(H,43,49)(H,45,51)(H2,44,46,55). The second-order valence-electron chi connectivity index (χ2n) is 13.3. The largest absolute Gasteiger partial charge is 0.508 e. The number of anilines is 1. The number of hydrogen-bond donors (Lipinski definition) is 6. The second kappa shape index (κ2) is 16.4. The number of carbonyl (C=O) groups excluding carboxylic acids is 3. The SMILES string of the molecule is O=C(CCCCCNC(=O)Oc1cccc2ccccc12)NCCCCNC(=S)Nc1ccc2c(c1)C(=O)OC21c2ccc(O)cc2Oc2cc(O)ccc21. The molecule has 6 N–H and O–H groups in total. The van der Waals surface area contributed by atoms with Gasteiger partial charge in [-0.3, -0.25) is 4.79 Å². The molecule has 1 spiro atoms. The minimum absolute atomic E-state index is 0.00518. The summed E-state index contributed by atoms with van der Waals surface area (Å²) in [5, 5.41) is 34.5. The van der Waals surface area contributed by atoms with Crippen molar-refractivity contribution in [1.82, 2.24) is 16.0 Å². The van der Waals surface area contributed by atoms with E-state index in [9.17, 15) is 24.6 Å². The number of unbranched alkanes of at least 4 members (excludes halogenated alkanes) is 3. The first kappa shape index (κ1) is 37.0. The van der Waals surface area contributed by atoms with Crippen LogP contribution >= 0.6 is 12.2 Å². The van der Waals surface area contributed by atoms with E-state index in [1.165, 1.54) is 24.3 Å². The fourth-order valence-corrected chi connectivity index (χ4v) is 7.14. The van der Waals surface area contributed by atoms with Crippen LogP contribution in [-0.2, 0) is 15.1 Å². The predicted molar refractivity (Wildman–Crippen MR) is 211 cm³/mol. The van der Waals surface area contributed by atoms with Crippen molar-refractivity contribution < 1.29 is 38.8 Å². The zero-order valence-corrected chi connectivity index (χ0v) is 30.7. The molecule has 0 saturated heterocycles. The third-order valence-corrected chi connectivity index (χ3v) is 9.79. The summed E-state index contributed by atoms with van der Waals surface area (Å²) in [4.78, 5) is 37.9. The maximum Gasteiger partial charge on any atom is 0.412 e. The summed E-state index contributed by atoms with van der Waals surface area (Å²) in [5.74, 6) is 0.570. The van der Waals surface area contributed by atoms with E-state index in [1.54, 1.807) is 36.4 Å². The molecule has 2 aliphatic rings. The molecule has 7 rings (SSSR count).